The zero-order valence-electron chi connectivity index (χ0n) is 12.2. The molecule has 1 aromatic carbocycles. The first-order valence-corrected chi connectivity index (χ1v) is 8.10. The number of benzene rings is 1. The number of alkyl halides is 1. The standard InChI is InChI=1S/C16H21BrFNO/c1-16(2,3)12(9-17)10-19-14-6-5-13(18)8-11(14)4-7-15(19)20/h5-6,8,12H,4,7,9-10H2,1-3H3. The van der Waals surface area contributed by atoms with Gasteiger partial charge in [-0.15, -0.1) is 0 Å². The van der Waals surface area contributed by atoms with Crippen LogP contribution in [0.4, 0.5) is 10.1 Å². The molecule has 0 fully saturated rings. The van der Waals surface area contributed by atoms with Crippen molar-refractivity contribution in [2.45, 2.75) is 33.6 Å². The Morgan fingerprint density at radius 3 is 2.65 bits per heavy atom. The van der Waals surface area contributed by atoms with E-state index in [0.717, 1.165) is 16.6 Å². The van der Waals surface area contributed by atoms with Crippen LogP contribution in [0.15, 0.2) is 18.2 Å². The van der Waals surface area contributed by atoms with Crippen molar-refractivity contribution in [2.24, 2.45) is 11.3 Å². The predicted octanol–water partition coefficient (Wildman–Crippen LogP) is 4.16. The molecule has 0 saturated heterocycles. The fourth-order valence-corrected chi connectivity index (χ4v) is 3.68. The molecular weight excluding hydrogens is 321 g/mol. The van der Waals surface area contributed by atoms with E-state index in [4.69, 9.17) is 0 Å². The second-order valence-electron chi connectivity index (χ2n) is 6.49. The Morgan fingerprint density at radius 2 is 2.05 bits per heavy atom. The molecule has 20 heavy (non-hydrogen) atoms. The third kappa shape index (κ3) is 3.22. The minimum absolute atomic E-state index is 0.113. The Hall–Kier alpha value is -0.900. The fraction of sp³-hybridized carbons (Fsp3) is 0.562. The number of fused-ring (bicyclic) bond motifs is 1. The van der Waals surface area contributed by atoms with Crippen LogP contribution < -0.4 is 4.90 Å². The summed E-state index contributed by atoms with van der Waals surface area (Å²) in [6.45, 7) is 7.21. The van der Waals surface area contributed by atoms with Gasteiger partial charge < -0.3 is 4.90 Å². The highest BCUT2D eigenvalue weighted by atomic mass is 79.9. The largest absolute Gasteiger partial charge is 0.312 e. The van der Waals surface area contributed by atoms with Gasteiger partial charge in [-0.25, -0.2) is 4.39 Å². The lowest BCUT2D eigenvalue weighted by Gasteiger charge is -2.37. The van der Waals surface area contributed by atoms with Crippen LogP contribution in [0.3, 0.4) is 0 Å². The van der Waals surface area contributed by atoms with Crippen LogP contribution in [-0.2, 0) is 11.2 Å². The van der Waals surface area contributed by atoms with Crippen LogP contribution in [-0.4, -0.2) is 17.8 Å². The number of carbonyl (C=O) groups excluding carboxylic acids is 1. The molecule has 0 aliphatic carbocycles. The van der Waals surface area contributed by atoms with Gasteiger partial charge in [-0.3, -0.25) is 4.79 Å². The van der Waals surface area contributed by atoms with Gasteiger partial charge in [-0.2, -0.15) is 0 Å². The zero-order valence-corrected chi connectivity index (χ0v) is 13.8. The molecule has 1 atom stereocenters. The molecule has 0 spiro atoms. The number of aryl methyl sites for hydroxylation is 1. The smallest absolute Gasteiger partial charge is 0.227 e. The second-order valence-corrected chi connectivity index (χ2v) is 7.14. The highest BCUT2D eigenvalue weighted by Crippen LogP contribution is 2.33. The quantitative estimate of drug-likeness (QED) is 0.756. The monoisotopic (exact) mass is 341 g/mol. The minimum Gasteiger partial charge on any atom is -0.312 e. The maximum Gasteiger partial charge on any atom is 0.227 e. The fourth-order valence-electron chi connectivity index (χ4n) is 2.50. The van der Waals surface area contributed by atoms with Gasteiger partial charge in [0.25, 0.3) is 0 Å². The summed E-state index contributed by atoms with van der Waals surface area (Å²) in [6.07, 6.45) is 1.10. The van der Waals surface area contributed by atoms with Gasteiger partial charge in [0.05, 0.1) is 0 Å². The summed E-state index contributed by atoms with van der Waals surface area (Å²) >= 11 is 3.55. The summed E-state index contributed by atoms with van der Waals surface area (Å²) < 4.78 is 13.3. The molecule has 2 nitrogen and oxygen atoms in total. The molecule has 110 valence electrons. The van der Waals surface area contributed by atoms with Gasteiger partial charge in [-0.1, -0.05) is 36.7 Å². The highest BCUT2D eigenvalue weighted by Gasteiger charge is 2.31. The van der Waals surface area contributed by atoms with Crippen LogP contribution in [0.1, 0.15) is 32.8 Å². The molecule has 0 N–H and O–H groups in total. The first-order valence-electron chi connectivity index (χ1n) is 6.97. The Kier molecular flexibility index (Phi) is 4.52. The Balaban J connectivity index is 2.30. The van der Waals surface area contributed by atoms with Gasteiger partial charge in [0.15, 0.2) is 0 Å². The van der Waals surface area contributed by atoms with Crippen molar-refractivity contribution in [3.05, 3.63) is 29.6 Å². The van der Waals surface area contributed by atoms with Gasteiger partial charge in [0.2, 0.25) is 5.91 Å². The molecular formula is C16H21BrFNO. The molecule has 1 amide bonds. The molecule has 0 bridgehead atoms. The predicted molar refractivity (Wildman–Crippen MR) is 83.8 cm³/mol. The number of hydrogen-bond acceptors (Lipinski definition) is 1. The van der Waals surface area contributed by atoms with Crippen LogP contribution in [0.5, 0.6) is 0 Å². The topological polar surface area (TPSA) is 20.3 Å². The summed E-state index contributed by atoms with van der Waals surface area (Å²) in [6, 6.07) is 4.72. The van der Waals surface area contributed by atoms with E-state index < -0.39 is 0 Å². The summed E-state index contributed by atoms with van der Waals surface area (Å²) in [5.41, 5.74) is 1.92. The Labute approximate surface area is 128 Å². The first kappa shape index (κ1) is 15.5. The van der Waals surface area contributed by atoms with E-state index in [1.54, 1.807) is 12.1 Å². The molecule has 1 aliphatic rings. The average molecular weight is 342 g/mol. The van der Waals surface area contributed by atoms with E-state index in [9.17, 15) is 9.18 Å². The van der Waals surface area contributed by atoms with Crippen LogP contribution in [0.2, 0.25) is 0 Å². The van der Waals surface area contributed by atoms with E-state index in [-0.39, 0.29) is 17.1 Å². The highest BCUT2D eigenvalue weighted by molar-refractivity contribution is 9.09. The Morgan fingerprint density at radius 1 is 1.35 bits per heavy atom. The van der Waals surface area contributed by atoms with Crippen LogP contribution in [0, 0.1) is 17.2 Å². The minimum atomic E-state index is -0.231. The molecule has 1 heterocycles. The lowest BCUT2D eigenvalue weighted by atomic mass is 9.81. The molecule has 0 saturated carbocycles. The van der Waals surface area contributed by atoms with E-state index in [2.05, 4.69) is 36.7 Å². The van der Waals surface area contributed by atoms with E-state index in [0.29, 0.717) is 25.3 Å². The number of rotatable bonds is 3. The van der Waals surface area contributed by atoms with Crippen molar-refractivity contribution >= 4 is 27.5 Å². The normalized spacial score (nSPS) is 17.1. The lowest BCUT2D eigenvalue weighted by Crippen LogP contribution is -2.42. The third-order valence-electron chi connectivity index (χ3n) is 4.06. The second kappa shape index (κ2) is 5.84. The molecule has 2 rings (SSSR count). The van der Waals surface area contributed by atoms with Gasteiger partial charge in [-0.05, 0) is 41.5 Å². The number of hydrogen-bond donors (Lipinski definition) is 0. The zero-order chi connectivity index (χ0) is 14.9. The van der Waals surface area contributed by atoms with Crippen molar-refractivity contribution in [3.63, 3.8) is 0 Å². The van der Waals surface area contributed by atoms with Crippen LogP contribution >= 0.6 is 15.9 Å². The summed E-state index contributed by atoms with van der Waals surface area (Å²) in [5, 5.41) is 0.844. The van der Waals surface area contributed by atoms with E-state index >= 15 is 0 Å². The number of carbonyl (C=O) groups is 1. The number of amides is 1. The number of anilines is 1. The van der Waals surface area contributed by atoms with Crippen molar-refractivity contribution in [1.82, 2.24) is 0 Å². The van der Waals surface area contributed by atoms with Crippen molar-refractivity contribution in [3.8, 4) is 0 Å². The van der Waals surface area contributed by atoms with Crippen LogP contribution in [0.25, 0.3) is 0 Å². The van der Waals surface area contributed by atoms with Crippen molar-refractivity contribution in [2.75, 3.05) is 16.8 Å². The summed E-state index contributed by atoms with van der Waals surface area (Å²) in [7, 11) is 0. The lowest BCUT2D eigenvalue weighted by molar-refractivity contribution is -0.119. The SMILES string of the molecule is CC(C)(C)C(CBr)CN1C(=O)CCc2cc(F)ccc21. The number of nitrogens with zero attached hydrogens (tertiary/aromatic N) is 1. The summed E-state index contributed by atoms with van der Waals surface area (Å²) in [4.78, 5) is 14.1. The number of halogens is 2. The summed E-state index contributed by atoms with van der Waals surface area (Å²) in [5.74, 6) is 0.257. The third-order valence-corrected chi connectivity index (χ3v) is 4.84. The van der Waals surface area contributed by atoms with E-state index in [1.165, 1.54) is 6.07 Å². The maximum absolute atomic E-state index is 13.3. The van der Waals surface area contributed by atoms with Crippen molar-refractivity contribution in [1.29, 1.82) is 0 Å². The molecule has 1 aliphatic heterocycles. The van der Waals surface area contributed by atoms with E-state index in [1.807, 2.05) is 4.90 Å². The first-order chi connectivity index (χ1) is 9.32. The molecule has 1 aromatic rings. The molecule has 1 unspecified atom stereocenters. The molecule has 0 radical (unpaired) electrons. The van der Waals surface area contributed by atoms with Gasteiger partial charge >= 0.3 is 0 Å². The Bertz CT molecular complexity index is 510. The van der Waals surface area contributed by atoms with Gasteiger partial charge in [0, 0.05) is 24.0 Å². The molecule has 0 aromatic heterocycles. The van der Waals surface area contributed by atoms with Gasteiger partial charge in [0.1, 0.15) is 5.82 Å². The molecule has 4 heteroatoms. The maximum atomic E-state index is 13.3. The van der Waals surface area contributed by atoms with Crippen molar-refractivity contribution < 1.29 is 9.18 Å². The average Bonchev–Trinajstić information content (AvgIpc) is 2.36.